The standard InChI is InChI=1S/C25H24F6N8O3/c1-4-6-38-21-19(22(40)39(7-5-2)23(38)41)34-20(35-21)15-10-17(36-37(15)3)42-11-16-32-14-9-12(24(26,27)28)8-13(18(14)33-16)25(29,30)31/h8-10H,4-7,11H2,1-3H3,(H,32,33)(H,34,35). The summed E-state index contributed by atoms with van der Waals surface area (Å²) in [7, 11) is 1.55. The van der Waals surface area contributed by atoms with Crippen LogP contribution in [0, 0.1) is 0 Å². The first-order valence-electron chi connectivity index (χ1n) is 12.8. The Morgan fingerprint density at radius 1 is 0.905 bits per heavy atom. The zero-order valence-corrected chi connectivity index (χ0v) is 22.4. The van der Waals surface area contributed by atoms with E-state index in [2.05, 4.69) is 25.0 Å². The van der Waals surface area contributed by atoms with Gasteiger partial charge in [-0.25, -0.2) is 14.8 Å². The Bertz CT molecular complexity index is 1910. The van der Waals surface area contributed by atoms with Crippen LogP contribution in [-0.2, 0) is 39.1 Å². The van der Waals surface area contributed by atoms with Gasteiger partial charge in [0.05, 0.1) is 16.6 Å². The van der Waals surface area contributed by atoms with Gasteiger partial charge in [0.15, 0.2) is 11.5 Å². The molecule has 0 bridgehead atoms. The third kappa shape index (κ3) is 5.14. The van der Waals surface area contributed by atoms with Crippen LogP contribution >= 0.6 is 0 Å². The molecule has 0 atom stereocenters. The van der Waals surface area contributed by atoms with E-state index >= 15 is 0 Å². The van der Waals surface area contributed by atoms with Crippen LogP contribution in [0.5, 0.6) is 5.88 Å². The van der Waals surface area contributed by atoms with Crippen molar-refractivity contribution in [3.8, 4) is 17.4 Å². The van der Waals surface area contributed by atoms with E-state index in [1.165, 1.54) is 15.3 Å². The molecule has 0 aliphatic carbocycles. The van der Waals surface area contributed by atoms with E-state index in [1.54, 1.807) is 7.05 Å². The number of hydrogen-bond acceptors (Lipinski definition) is 6. The number of hydrogen-bond donors (Lipinski definition) is 2. The number of halogens is 6. The van der Waals surface area contributed by atoms with Crippen LogP contribution in [0.15, 0.2) is 27.8 Å². The number of benzene rings is 1. The molecule has 42 heavy (non-hydrogen) atoms. The lowest BCUT2D eigenvalue weighted by Crippen LogP contribution is -2.40. The first kappa shape index (κ1) is 28.9. The fourth-order valence-corrected chi connectivity index (χ4v) is 4.63. The molecule has 0 aliphatic heterocycles. The van der Waals surface area contributed by atoms with Gasteiger partial charge in [-0.2, -0.15) is 26.3 Å². The molecule has 4 heterocycles. The summed E-state index contributed by atoms with van der Waals surface area (Å²) in [4.78, 5) is 39.6. The number of imidazole rings is 2. The summed E-state index contributed by atoms with van der Waals surface area (Å²) < 4.78 is 89.5. The highest BCUT2D eigenvalue weighted by Gasteiger charge is 2.39. The van der Waals surface area contributed by atoms with Crippen LogP contribution in [0.25, 0.3) is 33.7 Å². The molecule has 5 rings (SSSR count). The van der Waals surface area contributed by atoms with E-state index in [0.717, 1.165) is 4.57 Å². The fourth-order valence-electron chi connectivity index (χ4n) is 4.63. The van der Waals surface area contributed by atoms with Crippen LogP contribution in [0.4, 0.5) is 26.3 Å². The van der Waals surface area contributed by atoms with Crippen molar-refractivity contribution in [2.75, 3.05) is 0 Å². The van der Waals surface area contributed by atoms with Gasteiger partial charge in [0.2, 0.25) is 5.88 Å². The number of fused-ring (bicyclic) bond motifs is 2. The molecule has 0 spiro atoms. The smallest absolute Gasteiger partial charge is 0.418 e. The number of aromatic amines is 2. The van der Waals surface area contributed by atoms with Crippen molar-refractivity contribution in [2.45, 2.75) is 58.7 Å². The predicted octanol–water partition coefficient (Wildman–Crippen LogP) is 4.60. The van der Waals surface area contributed by atoms with Crippen LogP contribution in [0.1, 0.15) is 43.6 Å². The topological polar surface area (TPSA) is 128 Å². The highest BCUT2D eigenvalue weighted by Crippen LogP contribution is 2.39. The number of ether oxygens (including phenoxy) is 1. The summed E-state index contributed by atoms with van der Waals surface area (Å²) in [6, 6.07) is 2.01. The second-order valence-electron chi connectivity index (χ2n) is 9.55. The molecule has 0 fully saturated rings. The predicted molar refractivity (Wildman–Crippen MR) is 138 cm³/mol. The maximum absolute atomic E-state index is 13.5. The van der Waals surface area contributed by atoms with Crippen LogP contribution < -0.4 is 16.0 Å². The van der Waals surface area contributed by atoms with Gasteiger partial charge in [-0.3, -0.25) is 18.6 Å². The maximum atomic E-state index is 13.5. The molecule has 4 aromatic heterocycles. The van der Waals surface area contributed by atoms with E-state index in [4.69, 9.17) is 4.74 Å². The fraction of sp³-hybridized carbons (Fsp3) is 0.400. The summed E-state index contributed by atoms with van der Waals surface area (Å²) in [5.41, 5.74) is -4.43. The van der Waals surface area contributed by atoms with Gasteiger partial charge in [0.1, 0.15) is 29.2 Å². The number of nitrogens with zero attached hydrogens (tertiary/aromatic N) is 6. The van der Waals surface area contributed by atoms with E-state index in [-0.39, 0.29) is 41.3 Å². The van der Waals surface area contributed by atoms with Crippen molar-refractivity contribution in [3.63, 3.8) is 0 Å². The molecule has 0 radical (unpaired) electrons. The largest absolute Gasteiger partial charge is 0.468 e. The number of aryl methyl sites for hydroxylation is 2. The monoisotopic (exact) mass is 598 g/mol. The normalized spacial score (nSPS) is 12.6. The molecule has 0 saturated carbocycles. The van der Waals surface area contributed by atoms with E-state index in [1.807, 2.05) is 13.8 Å². The molecule has 0 amide bonds. The zero-order chi connectivity index (χ0) is 30.6. The minimum atomic E-state index is -5.07. The molecule has 0 saturated heterocycles. The number of H-pyrrole nitrogens is 2. The maximum Gasteiger partial charge on any atom is 0.418 e. The van der Waals surface area contributed by atoms with E-state index in [9.17, 15) is 35.9 Å². The van der Waals surface area contributed by atoms with Crippen molar-refractivity contribution >= 4 is 22.2 Å². The summed E-state index contributed by atoms with van der Waals surface area (Å²) in [5.74, 6) is 0.0456. The van der Waals surface area contributed by atoms with Crippen molar-refractivity contribution in [1.29, 1.82) is 0 Å². The Balaban J connectivity index is 1.47. The zero-order valence-electron chi connectivity index (χ0n) is 22.4. The van der Waals surface area contributed by atoms with E-state index < -0.39 is 52.4 Å². The molecule has 1 aromatic carbocycles. The van der Waals surface area contributed by atoms with Crippen LogP contribution in [0.2, 0.25) is 0 Å². The minimum absolute atomic E-state index is 0.00483. The average molecular weight is 599 g/mol. The Hall–Kier alpha value is -4.57. The lowest BCUT2D eigenvalue weighted by molar-refractivity contribution is -0.142. The van der Waals surface area contributed by atoms with Crippen LogP contribution in [0.3, 0.4) is 0 Å². The quantitative estimate of drug-likeness (QED) is 0.251. The molecule has 0 aliphatic rings. The average Bonchev–Trinajstić information content (AvgIpc) is 3.62. The summed E-state index contributed by atoms with van der Waals surface area (Å²) >= 11 is 0. The third-order valence-electron chi connectivity index (χ3n) is 6.48. The first-order chi connectivity index (χ1) is 19.7. The molecule has 5 aromatic rings. The van der Waals surface area contributed by atoms with Crippen molar-refractivity contribution in [3.05, 3.63) is 56.0 Å². The Morgan fingerprint density at radius 3 is 2.24 bits per heavy atom. The number of nitrogens with one attached hydrogen (secondary N) is 2. The summed E-state index contributed by atoms with van der Waals surface area (Å²) in [5, 5.41) is 4.19. The molecule has 2 N–H and O–H groups in total. The van der Waals surface area contributed by atoms with Crippen molar-refractivity contribution < 1.29 is 31.1 Å². The molecular formula is C25H24F6N8O3. The Morgan fingerprint density at radius 2 is 1.60 bits per heavy atom. The molecule has 17 heteroatoms. The highest BCUT2D eigenvalue weighted by atomic mass is 19.4. The minimum Gasteiger partial charge on any atom is -0.468 e. The molecule has 0 unspecified atom stereocenters. The SMILES string of the molecule is CCCn1c(=O)c2[nH]c(-c3cc(OCc4nc5c(C(F)(F)F)cc(C(F)(F)F)cc5[nH]4)nn3C)nc2n(CCC)c1=O. The lowest BCUT2D eigenvalue weighted by atomic mass is 10.1. The van der Waals surface area contributed by atoms with Gasteiger partial charge in [-0.15, -0.1) is 5.10 Å². The number of alkyl halides is 6. The third-order valence-corrected chi connectivity index (χ3v) is 6.48. The van der Waals surface area contributed by atoms with Crippen molar-refractivity contribution in [1.82, 2.24) is 38.9 Å². The van der Waals surface area contributed by atoms with Gasteiger partial charge >= 0.3 is 18.0 Å². The highest BCUT2D eigenvalue weighted by molar-refractivity contribution is 5.80. The second kappa shape index (κ2) is 10.4. The van der Waals surface area contributed by atoms with Gasteiger partial charge in [0, 0.05) is 26.2 Å². The second-order valence-corrected chi connectivity index (χ2v) is 9.55. The molecule has 224 valence electrons. The molecular weight excluding hydrogens is 574 g/mol. The Kier molecular flexibility index (Phi) is 7.14. The molecule has 11 nitrogen and oxygen atoms in total. The van der Waals surface area contributed by atoms with Gasteiger partial charge in [-0.05, 0) is 25.0 Å². The van der Waals surface area contributed by atoms with Gasteiger partial charge in [-0.1, -0.05) is 13.8 Å². The number of aromatic nitrogens is 8. The summed E-state index contributed by atoms with van der Waals surface area (Å²) in [6.45, 7) is 3.85. The Labute approximate surface area is 231 Å². The van der Waals surface area contributed by atoms with Crippen molar-refractivity contribution in [2.24, 2.45) is 7.05 Å². The number of rotatable bonds is 8. The van der Waals surface area contributed by atoms with E-state index in [0.29, 0.717) is 31.1 Å². The van der Waals surface area contributed by atoms with Crippen LogP contribution in [-0.4, -0.2) is 38.9 Å². The first-order valence-corrected chi connectivity index (χ1v) is 12.8. The summed E-state index contributed by atoms with van der Waals surface area (Å²) in [6.07, 6.45) is -8.88. The van der Waals surface area contributed by atoms with Gasteiger partial charge in [0.25, 0.3) is 5.56 Å². The lowest BCUT2D eigenvalue weighted by Gasteiger charge is -2.11. The van der Waals surface area contributed by atoms with Gasteiger partial charge < -0.3 is 14.7 Å².